The van der Waals surface area contributed by atoms with E-state index in [-0.39, 0.29) is 11.3 Å². The third-order valence-electron chi connectivity index (χ3n) is 2.63. The lowest BCUT2D eigenvalue weighted by molar-refractivity contribution is -0.384. The molecule has 0 bridgehead atoms. The predicted molar refractivity (Wildman–Crippen MR) is 79.7 cm³/mol. The predicted octanol–water partition coefficient (Wildman–Crippen LogP) is 2.52. The molecule has 8 nitrogen and oxygen atoms in total. The number of benzene rings is 1. The highest BCUT2D eigenvalue weighted by molar-refractivity contribution is 7.10. The summed E-state index contributed by atoms with van der Waals surface area (Å²) in [6.45, 7) is 2.54. The first-order chi connectivity index (χ1) is 10.1. The van der Waals surface area contributed by atoms with E-state index in [2.05, 4.69) is 20.2 Å². The second-order valence-corrected chi connectivity index (χ2v) is 4.91. The van der Waals surface area contributed by atoms with Crippen LogP contribution in [-0.2, 0) is 0 Å². The zero-order chi connectivity index (χ0) is 15.2. The minimum atomic E-state index is -0.562. The maximum atomic E-state index is 12.2. The number of rotatable bonds is 6. The number of hydrogen-bond acceptors (Lipinski definition) is 7. The van der Waals surface area contributed by atoms with Gasteiger partial charge in [-0.1, -0.05) is 17.5 Å². The van der Waals surface area contributed by atoms with E-state index in [1.54, 1.807) is 12.1 Å². The van der Waals surface area contributed by atoms with Crippen molar-refractivity contribution in [3.05, 3.63) is 40.1 Å². The highest BCUT2D eigenvalue weighted by Crippen LogP contribution is 2.29. The van der Waals surface area contributed by atoms with Gasteiger partial charge in [0.25, 0.3) is 5.91 Å². The lowest BCUT2D eigenvalue weighted by atomic mass is 10.1. The summed E-state index contributed by atoms with van der Waals surface area (Å²) in [7, 11) is 0. The molecule has 0 saturated carbocycles. The Morgan fingerprint density at radius 3 is 2.90 bits per heavy atom. The van der Waals surface area contributed by atoms with E-state index in [4.69, 9.17) is 0 Å². The number of anilines is 2. The van der Waals surface area contributed by atoms with Crippen molar-refractivity contribution in [1.29, 1.82) is 0 Å². The Bertz CT molecular complexity index is 644. The Labute approximate surface area is 124 Å². The fourth-order valence-electron chi connectivity index (χ4n) is 1.73. The average molecular weight is 307 g/mol. The van der Waals surface area contributed by atoms with Crippen LogP contribution in [0.1, 0.15) is 23.7 Å². The van der Waals surface area contributed by atoms with Crippen molar-refractivity contribution in [2.75, 3.05) is 17.2 Å². The molecule has 0 unspecified atom stereocenters. The molecule has 21 heavy (non-hydrogen) atoms. The Balaban J connectivity index is 2.33. The van der Waals surface area contributed by atoms with Crippen LogP contribution in [0.5, 0.6) is 0 Å². The van der Waals surface area contributed by atoms with Gasteiger partial charge in [-0.3, -0.25) is 14.9 Å². The van der Waals surface area contributed by atoms with Crippen molar-refractivity contribution in [3.8, 4) is 0 Å². The van der Waals surface area contributed by atoms with Crippen LogP contribution in [0.15, 0.2) is 24.4 Å². The summed E-state index contributed by atoms with van der Waals surface area (Å²) >= 11 is 1.000. The number of carbonyl (C=O) groups excluding carboxylic acids is 1. The molecule has 0 fully saturated rings. The molecule has 0 atom stereocenters. The number of nitrogens with zero attached hydrogens (tertiary/aromatic N) is 3. The summed E-state index contributed by atoms with van der Waals surface area (Å²) in [4.78, 5) is 22.9. The highest BCUT2D eigenvalue weighted by atomic mass is 32.1. The molecule has 0 aliphatic carbocycles. The number of hydrogen-bond donors (Lipinski definition) is 2. The molecular weight excluding hydrogens is 294 g/mol. The van der Waals surface area contributed by atoms with Crippen LogP contribution in [-0.4, -0.2) is 27.0 Å². The summed E-state index contributed by atoms with van der Waals surface area (Å²) in [6, 6.07) is 4.60. The van der Waals surface area contributed by atoms with Crippen LogP contribution in [0.25, 0.3) is 0 Å². The van der Waals surface area contributed by atoms with Gasteiger partial charge in [0.05, 0.1) is 11.1 Å². The quantitative estimate of drug-likeness (QED) is 0.626. The van der Waals surface area contributed by atoms with Crippen LogP contribution < -0.4 is 10.6 Å². The first-order valence-corrected chi connectivity index (χ1v) is 7.00. The number of carbonyl (C=O) groups is 1. The van der Waals surface area contributed by atoms with E-state index in [1.165, 1.54) is 12.3 Å². The highest BCUT2D eigenvalue weighted by Gasteiger charge is 2.24. The number of nitrogens with one attached hydrogen (secondary N) is 2. The lowest BCUT2D eigenvalue weighted by Crippen LogP contribution is -2.14. The van der Waals surface area contributed by atoms with Gasteiger partial charge in [0.15, 0.2) is 0 Å². The molecule has 0 saturated heterocycles. The maximum Gasteiger partial charge on any atom is 0.305 e. The second-order valence-electron chi connectivity index (χ2n) is 4.12. The molecule has 0 aliphatic rings. The van der Waals surface area contributed by atoms with Crippen molar-refractivity contribution in [2.24, 2.45) is 0 Å². The summed E-state index contributed by atoms with van der Waals surface area (Å²) in [5.41, 5.74) is 0.0901. The van der Waals surface area contributed by atoms with Gasteiger partial charge in [-0.15, -0.1) is 5.10 Å². The van der Waals surface area contributed by atoms with Crippen molar-refractivity contribution in [2.45, 2.75) is 13.3 Å². The topological polar surface area (TPSA) is 110 Å². The molecule has 2 N–H and O–H groups in total. The number of aromatic nitrogens is 2. The standard InChI is InChI=1S/C12H13N5O3S/c1-2-6-13-9-5-3-4-8(11(9)17(19)20)12(18)15-10-7-14-16-21-10/h3-5,7,13H,2,6H2,1H3,(H,15,18). The first kappa shape index (κ1) is 14.9. The Morgan fingerprint density at radius 1 is 1.48 bits per heavy atom. The average Bonchev–Trinajstić information content (AvgIpc) is 2.97. The van der Waals surface area contributed by atoms with E-state index in [9.17, 15) is 14.9 Å². The number of nitro groups is 1. The summed E-state index contributed by atoms with van der Waals surface area (Å²) < 4.78 is 3.62. The van der Waals surface area contributed by atoms with E-state index in [0.29, 0.717) is 17.2 Å². The molecule has 1 heterocycles. The molecule has 0 radical (unpaired) electrons. The summed E-state index contributed by atoms with van der Waals surface area (Å²) in [5, 5.41) is 20.8. The molecule has 9 heteroatoms. The number of nitro benzene ring substituents is 1. The zero-order valence-electron chi connectivity index (χ0n) is 11.2. The van der Waals surface area contributed by atoms with Crippen molar-refractivity contribution in [3.63, 3.8) is 0 Å². The first-order valence-electron chi connectivity index (χ1n) is 6.23. The molecule has 1 aromatic heterocycles. The van der Waals surface area contributed by atoms with Crippen LogP contribution >= 0.6 is 11.5 Å². The van der Waals surface area contributed by atoms with E-state index >= 15 is 0 Å². The zero-order valence-corrected chi connectivity index (χ0v) is 12.0. The van der Waals surface area contributed by atoms with Gasteiger partial charge in [-0.2, -0.15) is 0 Å². The van der Waals surface area contributed by atoms with Gasteiger partial charge in [0.1, 0.15) is 16.3 Å². The Morgan fingerprint density at radius 2 is 2.29 bits per heavy atom. The fourth-order valence-corrected chi connectivity index (χ4v) is 2.14. The normalized spacial score (nSPS) is 10.1. The third kappa shape index (κ3) is 3.51. The summed E-state index contributed by atoms with van der Waals surface area (Å²) in [5.74, 6) is -0.562. The van der Waals surface area contributed by atoms with E-state index < -0.39 is 10.8 Å². The number of amides is 1. The van der Waals surface area contributed by atoms with Crippen LogP contribution in [0.2, 0.25) is 0 Å². The maximum absolute atomic E-state index is 12.2. The smallest absolute Gasteiger partial charge is 0.305 e. The molecule has 2 rings (SSSR count). The van der Waals surface area contributed by atoms with Gasteiger partial charge in [-0.05, 0) is 18.6 Å². The van der Waals surface area contributed by atoms with Crippen LogP contribution in [0, 0.1) is 10.1 Å². The second kappa shape index (κ2) is 6.75. The largest absolute Gasteiger partial charge is 0.379 e. The minimum Gasteiger partial charge on any atom is -0.379 e. The SMILES string of the molecule is CCCNc1cccc(C(=O)Nc2cnns2)c1[N+](=O)[O-]. The fraction of sp³-hybridized carbons (Fsp3) is 0.250. The van der Waals surface area contributed by atoms with Gasteiger partial charge >= 0.3 is 5.69 Å². The van der Waals surface area contributed by atoms with Crippen molar-refractivity contribution < 1.29 is 9.72 Å². The van der Waals surface area contributed by atoms with Crippen LogP contribution in [0.3, 0.4) is 0 Å². The van der Waals surface area contributed by atoms with Crippen molar-refractivity contribution >= 4 is 33.8 Å². The monoisotopic (exact) mass is 307 g/mol. The van der Waals surface area contributed by atoms with E-state index in [0.717, 1.165) is 18.0 Å². The molecule has 1 amide bonds. The van der Waals surface area contributed by atoms with Crippen LogP contribution in [0.4, 0.5) is 16.4 Å². The Hall–Kier alpha value is -2.55. The van der Waals surface area contributed by atoms with Gasteiger partial charge in [-0.25, -0.2) is 0 Å². The third-order valence-corrected chi connectivity index (χ3v) is 3.21. The lowest BCUT2D eigenvalue weighted by Gasteiger charge is -2.09. The molecule has 2 aromatic rings. The van der Waals surface area contributed by atoms with Gasteiger partial charge in [0, 0.05) is 18.1 Å². The number of para-hydroxylation sites is 1. The molecule has 0 spiro atoms. The Kier molecular flexibility index (Phi) is 4.77. The summed E-state index contributed by atoms with van der Waals surface area (Å²) in [6.07, 6.45) is 2.20. The molecule has 1 aromatic carbocycles. The minimum absolute atomic E-state index is 0.00509. The molecule has 0 aliphatic heterocycles. The van der Waals surface area contributed by atoms with E-state index in [1.807, 2.05) is 6.92 Å². The molecule has 110 valence electrons. The van der Waals surface area contributed by atoms with Gasteiger partial charge < -0.3 is 10.6 Å². The molecular formula is C12H13N5O3S. The van der Waals surface area contributed by atoms with Crippen molar-refractivity contribution in [1.82, 2.24) is 9.59 Å². The van der Waals surface area contributed by atoms with Gasteiger partial charge in [0.2, 0.25) is 0 Å².